The third-order valence-corrected chi connectivity index (χ3v) is 7.19. The van der Waals surface area contributed by atoms with E-state index in [0.717, 1.165) is 6.42 Å². The van der Waals surface area contributed by atoms with E-state index in [1.165, 1.54) is 51.8 Å². The van der Waals surface area contributed by atoms with Crippen LogP contribution < -0.4 is 5.56 Å². The lowest BCUT2D eigenvalue weighted by atomic mass is 10.2. The van der Waals surface area contributed by atoms with E-state index in [1.54, 1.807) is 36.4 Å². The number of para-hydroxylation sites is 1. The number of thioether (sulfide) groups is 1. The maximum atomic E-state index is 13.5. The summed E-state index contributed by atoms with van der Waals surface area (Å²) in [6.07, 6.45) is 3.49. The van der Waals surface area contributed by atoms with Gasteiger partial charge in [0.05, 0.1) is 29.0 Å². The summed E-state index contributed by atoms with van der Waals surface area (Å²) in [5, 5.41) is 0.265. The highest BCUT2D eigenvalue weighted by Crippen LogP contribution is 2.30. The highest BCUT2D eigenvalue weighted by molar-refractivity contribution is 8.00. The van der Waals surface area contributed by atoms with Crippen molar-refractivity contribution in [2.24, 2.45) is 0 Å². The third kappa shape index (κ3) is 4.77. The maximum Gasteiger partial charge on any atom is 0.262 e. The zero-order chi connectivity index (χ0) is 24.4. The Kier molecular flexibility index (Phi) is 6.50. The molecule has 0 aliphatic carbocycles. The number of carbonyl (C=O) groups is 2. The maximum absolute atomic E-state index is 13.5. The van der Waals surface area contributed by atoms with E-state index in [1.807, 2.05) is 0 Å². The fraction of sp³-hybridized carbons (Fsp3) is 0.231. The number of aromatic nitrogens is 2. The van der Waals surface area contributed by atoms with Crippen molar-refractivity contribution in [1.82, 2.24) is 14.5 Å². The topological polar surface area (TPSA) is 85.4 Å². The number of hydrogen-bond acceptors (Lipinski definition) is 6. The molecule has 178 valence electrons. The number of halogens is 1. The molecule has 35 heavy (non-hydrogen) atoms. The van der Waals surface area contributed by atoms with Crippen LogP contribution in [0.3, 0.4) is 0 Å². The summed E-state index contributed by atoms with van der Waals surface area (Å²) in [6.45, 7) is 0.460. The summed E-state index contributed by atoms with van der Waals surface area (Å²) in [7, 11) is 0. The van der Waals surface area contributed by atoms with Crippen LogP contribution in [0.2, 0.25) is 0 Å². The molecule has 1 aliphatic heterocycles. The second-order valence-electron chi connectivity index (χ2n) is 8.29. The number of likely N-dealkylation sites (tertiary alicyclic amines) is 1. The van der Waals surface area contributed by atoms with Gasteiger partial charge in [-0.1, -0.05) is 30.3 Å². The minimum atomic E-state index is -0.599. The van der Waals surface area contributed by atoms with Gasteiger partial charge in [0.2, 0.25) is 5.91 Å². The van der Waals surface area contributed by atoms with Crippen LogP contribution >= 0.6 is 11.8 Å². The Morgan fingerprint density at radius 1 is 1.06 bits per heavy atom. The second kappa shape index (κ2) is 9.87. The Bertz CT molecular complexity index is 1430. The summed E-state index contributed by atoms with van der Waals surface area (Å²) in [4.78, 5) is 45.8. The van der Waals surface area contributed by atoms with Crippen LogP contribution in [0.4, 0.5) is 4.39 Å². The Morgan fingerprint density at radius 2 is 1.86 bits per heavy atom. The van der Waals surface area contributed by atoms with Gasteiger partial charge in [-0.2, -0.15) is 0 Å². The molecule has 2 aromatic heterocycles. The van der Waals surface area contributed by atoms with E-state index in [2.05, 4.69) is 0 Å². The molecule has 0 N–H and O–H groups in total. The fourth-order valence-electron chi connectivity index (χ4n) is 4.13. The van der Waals surface area contributed by atoms with Gasteiger partial charge in [0.1, 0.15) is 11.6 Å². The highest BCUT2D eigenvalue weighted by Gasteiger charge is 2.33. The minimum Gasteiger partial charge on any atom is -0.467 e. The lowest BCUT2D eigenvalue weighted by Gasteiger charge is -2.23. The molecule has 1 fully saturated rings. The summed E-state index contributed by atoms with van der Waals surface area (Å²) in [5.74, 6) is -0.656. The second-order valence-corrected chi connectivity index (χ2v) is 9.46. The molecular weight excluding hydrogens is 469 g/mol. The van der Waals surface area contributed by atoms with E-state index in [9.17, 15) is 18.8 Å². The SMILES string of the molecule is O=C(c1ccc(F)cc1)N1CCCC[C@@H](Sc2nc3ccccc3c(=O)n2Cc2ccco2)C1=O. The normalized spacial score (nSPS) is 16.4. The fourth-order valence-corrected chi connectivity index (χ4v) is 5.32. The van der Waals surface area contributed by atoms with Crippen LogP contribution in [0.1, 0.15) is 35.4 Å². The van der Waals surface area contributed by atoms with Gasteiger partial charge in [-0.05, 0) is 61.4 Å². The monoisotopic (exact) mass is 491 g/mol. The number of benzene rings is 2. The molecule has 0 radical (unpaired) electrons. The highest BCUT2D eigenvalue weighted by atomic mass is 32.2. The van der Waals surface area contributed by atoms with Crippen molar-refractivity contribution < 1.29 is 18.4 Å². The Balaban J connectivity index is 1.49. The molecule has 0 unspecified atom stereocenters. The van der Waals surface area contributed by atoms with Gasteiger partial charge in [-0.3, -0.25) is 23.9 Å². The largest absolute Gasteiger partial charge is 0.467 e. The first kappa shape index (κ1) is 23.0. The van der Waals surface area contributed by atoms with Gasteiger partial charge in [0.15, 0.2) is 5.16 Å². The van der Waals surface area contributed by atoms with Crippen molar-refractivity contribution in [2.45, 2.75) is 36.2 Å². The van der Waals surface area contributed by atoms with Gasteiger partial charge >= 0.3 is 0 Å². The minimum absolute atomic E-state index is 0.172. The van der Waals surface area contributed by atoms with Crippen LogP contribution in [0.15, 0.2) is 81.3 Å². The first-order chi connectivity index (χ1) is 17.0. The summed E-state index contributed by atoms with van der Waals surface area (Å²) < 4.78 is 20.3. The smallest absolute Gasteiger partial charge is 0.262 e. The van der Waals surface area contributed by atoms with Gasteiger partial charge in [0.25, 0.3) is 11.5 Å². The summed E-state index contributed by atoms with van der Waals surface area (Å²) in [5.41, 5.74) is 0.565. The number of fused-ring (bicyclic) bond motifs is 1. The molecule has 3 heterocycles. The Hall–Kier alpha value is -3.72. The number of amides is 2. The van der Waals surface area contributed by atoms with Gasteiger partial charge in [0, 0.05) is 12.1 Å². The summed E-state index contributed by atoms with van der Waals surface area (Å²) in [6, 6.07) is 15.7. The average molecular weight is 492 g/mol. The lowest BCUT2D eigenvalue weighted by Crippen LogP contribution is -2.41. The molecule has 4 aromatic rings. The van der Waals surface area contributed by atoms with Crippen molar-refractivity contribution in [2.75, 3.05) is 6.54 Å². The van der Waals surface area contributed by atoms with Crippen molar-refractivity contribution in [3.05, 3.63) is 94.4 Å². The molecule has 0 saturated carbocycles. The first-order valence-electron chi connectivity index (χ1n) is 11.3. The zero-order valence-electron chi connectivity index (χ0n) is 18.7. The lowest BCUT2D eigenvalue weighted by molar-refractivity contribution is -0.127. The quantitative estimate of drug-likeness (QED) is 0.302. The van der Waals surface area contributed by atoms with Crippen molar-refractivity contribution in [3.63, 3.8) is 0 Å². The molecule has 0 bridgehead atoms. The van der Waals surface area contributed by atoms with Crippen LogP contribution in [0.25, 0.3) is 10.9 Å². The van der Waals surface area contributed by atoms with Crippen LogP contribution in [-0.4, -0.2) is 38.1 Å². The standard InChI is InChI=1S/C26H22FN3O4S/c27-18-12-10-17(11-13-18)23(31)29-14-4-3-9-22(25(29)33)35-26-28-21-8-2-1-7-20(21)24(32)30(26)16-19-6-5-15-34-19/h1-2,5-8,10-13,15,22H,3-4,9,14,16H2/t22-/m1/s1. The number of imide groups is 1. The van der Waals surface area contributed by atoms with Crippen molar-refractivity contribution >= 4 is 34.5 Å². The first-order valence-corrected chi connectivity index (χ1v) is 12.2. The number of nitrogens with zero attached hydrogens (tertiary/aromatic N) is 3. The van der Waals surface area contributed by atoms with E-state index >= 15 is 0 Å². The van der Waals surface area contributed by atoms with Gasteiger partial charge in [-0.15, -0.1) is 0 Å². The molecule has 7 nitrogen and oxygen atoms in total. The third-order valence-electron chi connectivity index (χ3n) is 5.94. The Morgan fingerprint density at radius 3 is 2.63 bits per heavy atom. The van der Waals surface area contributed by atoms with Crippen LogP contribution in [0, 0.1) is 5.82 Å². The predicted octanol–water partition coefficient (Wildman–Crippen LogP) is 4.49. The van der Waals surface area contributed by atoms with Gasteiger partial charge < -0.3 is 4.42 Å². The molecule has 5 rings (SSSR count). The number of hydrogen-bond donors (Lipinski definition) is 0. The number of carbonyl (C=O) groups excluding carboxylic acids is 2. The van der Waals surface area contributed by atoms with Crippen molar-refractivity contribution in [1.29, 1.82) is 0 Å². The van der Waals surface area contributed by atoms with E-state index < -0.39 is 17.0 Å². The van der Waals surface area contributed by atoms with Crippen LogP contribution in [-0.2, 0) is 11.3 Å². The predicted molar refractivity (Wildman–Crippen MR) is 130 cm³/mol. The van der Waals surface area contributed by atoms with E-state index in [-0.39, 0.29) is 30.1 Å². The van der Waals surface area contributed by atoms with Crippen molar-refractivity contribution in [3.8, 4) is 0 Å². The molecule has 0 spiro atoms. The Labute approximate surface area is 204 Å². The number of rotatable bonds is 5. The van der Waals surface area contributed by atoms with Crippen LogP contribution in [0.5, 0.6) is 0 Å². The molecule has 2 aromatic carbocycles. The van der Waals surface area contributed by atoms with E-state index in [0.29, 0.717) is 34.7 Å². The average Bonchev–Trinajstić information content (AvgIpc) is 3.32. The molecule has 1 atom stereocenters. The molecule has 2 amide bonds. The molecular formula is C26H22FN3O4S. The summed E-state index contributed by atoms with van der Waals surface area (Å²) >= 11 is 1.19. The molecule has 9 heteroatoms. The number of furan rings is 1. The molecule has 1 aliphatic rings. The van der Waals surface area contributed by atoms with E-state index in [4.69, 9.17) is 9.40 Å². The molecule has 1 saturated heterocycles. The van der Waals surface area contributed by atoms with Gasteiger partial charge in [-0.25, -0.2) is 9.37 Å². The zero-order valence-corrected chi connectivity index (χ0v) is 19.5.